The fourth-order valence-corrected chi connectivity index (χ4v) is 3.61. The molecule has 0 saturated carbocycles. The zero-order valence-corrected chi connectivity index (χ0v) is 21.4. The van der Waals surface area contributed by atoms with Crippen LogP contribution in [0.5, 0.6) is 5.75 Å². The molecule has 2 atom stereocenters. The van der Waals surface area contributed by atoms with Crippen LogP contribution in [-0.4, -0.2) is 46.1 Å². The quantitative estimate of drug-likeness (QED) is 0.495. The Morgan fingerprint density at radius 3 is 2.31 bits per heavy atom. The van der Waals surface area contributed by atoms with Gasteiger partial charge in [-0.15, -0.1) is 0 Å². The molecule has 8 heteroatoms. The molecular weight excluding hydrogens is 446 g/mol. The monoisotopic (exact) mass is 483 g/mol. The average molecular weight is 484 g/mol. The van der Waals surface area contributed by atoms with E-state index in [0.717, 1.165) is 5.56 Å². The third-order valence-electron chi connectivity index (χ3n) is 5.26. The molecule has 0 fully saturated rings. The Labute approximate surface area is 207 Å². The zero-order valence-electron chi connectivity index (χ0n) is 21.4. The van der Waals surface area contributed by atoms with Gasteiger partial charge in [-0.2, -0.15) is 0 Å². The number of hydrogen-bond donors (Lipinski definition) is 3. The summed E-state index contributed by atoms with van der Waals surface area (Å²) >= 11 is 0. The fourth-order valence-electron chi connectivity index (χ4n) is 3.61. The largest absolute Gasteiger partial charge is 0.508 e. The van der Waals surface area contributed by atoms with Crippen molar-refractivity contribution in [1.29, 1.82) is 0 Å². The molecule has 3 amide bonds. The second-order valence-electron chi connectivity index (χ2n) is 9.55. The zero-order chi connectivity index (χ0) is 26.2. The summed E-state index contributed by atoms with van der Waals surface area (Å²) in [4.78, 5) is 40.7. The molecule has 2 aromatic rings. The van der Waals surface area contributed by atoms with Gasteiger partial charge in [-0.25, -0.2) is 4.79 Å². The van der Waals surface area contributed by atoms with E-state index in [1.54, 1.807) is 46.8 Å². The number of phenols is 1. The predicted octanol–water partition coefficient (Wildman–Crippen LogP) is 4.21. The van der Waals surface area contributed by atoms with Crippen molar-refractivity contribution in [3.05, 3.63) is 65.2 Å². The third-order valence-corrected chi connectivity index (χ3v) is 5.26. The first kappa shape index (κ1) is 27.7. The Bertz CT molecular complexity index is 1020. The van der Waals surface area contributed by atoms with Crippen LogP contribution in [0.1, 0.15) is 63.8 Å². The highest BCUT2D eigenvalue weighted by Gasteiger charge is 2.34. The van der Waals surface area contributed by atoms with Crippen LogP contribution in [-0.2, 0) is 20.9 Å². The van der Waals surface area contributed by atoms with Crippen LogP contribution in [0.4, 0.5) is 4.79 Å². The number of amides is 3. The van der Waals surface area contributed by atoms with Crippen LogP contribution >= 0.6 is 0 Å². The number of nitrogens with one attached hydrogen (secondary N) is 2. The molecule has 0 saturated heterocycles. The van der Waals surface area contributed by atoms with E-state index in [1.807, 2.05) is 37.3 Å². The minimum atomic E-state index is -0.951. The van der Waals surface area contributed by atoms with E-state index in [9.17, 15) is 19.5 Å². The molecule has 35 heavy (non-hydrogen) atoms. The number of phenolic OH excluding ortho intramolecular Hbond substituents is 1. The molecule has 190 valence electrons. The molecule has 8 nitrogen and oxygen atoms in total. The van der Waals surface area contributed by atoms with Crippen LogP contribution in [0, 0.1) is 6.92 Å². The normalized spacial score (nSPS) is 12.9. The van der Waals surface area contributed by atoms with E-state index in [1.165, 1.54) is 11.0 Å². The highest BCUT2D eigenvalue weighted by Crippen LogP contribution is 2.27. The molecule has 0 heterocycles. The van der Waals surface area contributed by atoms with Crippen molar-refractivity contribution in [1.82, 2.24) is 15.5 Å². The van der Waals surface area contributed by atoms with E-state index in [4.69, 9.17) is 4.74 Å². The number of carbonyl (C=O) groups excluding carboxylic acids is 3. The number of alkyl carbamates (subject to hydrolysis) is 1. The lowest BCUT2D eigenvalue weighted by molar-refractivity contribution is -0.142. The summed E-state index contributed by atoms with van der Waals surface area (Å²) in [5.74, 6) is -0.668. The topological polar surface area (TPSA) is 108 Å². The molecule has 0 aromatic heterocycles. The maximum atomic E-state index is 13.5. The summed E-state index contributed by atoms with van der Waals surface area (Å²) in [7, 11) is 0. The Hall–Kier alpha value is -3.55. The van der Waals surface area contributed by atoms with E-state index in [0.29, 0.717) is 30.6 Å². The number of ether oxygens (including phenoxy) is 1. The summed E-state index contributed by atoms with van der Waals surface area (Å²) in [5.41, 5.74) is 1.37. The summed E-state index contributed by atoms with van der Waals surface area (Å²) in [6.07, 6.45) is -0.106. The number of rotatable bonds is 9. The van der Waals surface area contributed by atoms with Gasteiger partial charge in [0.2, 0.25) is 11.8 Å². The lowest BCUT2D eigenvalue weighted by atomic mass is 10.00. The molecule has 0 radical (unpaired) electrons. The average Bonchev–Trinajstić information content (AvgIpc) is 2.78. The first-order valence-electron chi connectivity index (χ1n) is 11.8. The van der Waals surface area contributed by atoms with Gasteiger partial charge in [0, 0.05) is 13.1 Å². The number of nitrogens with zero attached hydrogens (tertiary/aromatic N) is 1. The molecule has 0 bridgehead atoms. The van der Waals surface area contributed by atoms with Gasteiger partial charge >= 0.3 is 6.09 Å². The van der Waals surface area contributed by atoms with Crippen molar-refractivity contribution < 1.29 is 24.2 Å². The molecular formula is C27H37N3O5. The maximum Gasteiger partial charge on any atom is 0.408 e. The third kappa shape index (κ3) is 8.31. The highest BCUT2D eigenvalue weighted by atomic mass is 16.6. The summed E-state index contributed by atoms with van der Waals surface area (Å²) in [6, 6.07) is 12.5. The smallest absolute Gasteiger partial charge is 0.408 e. The van der Waals surface area contributed by atoms with Crippen molar-refractivity contribution in [2.45, 2.75) is 72.2 Å². The molecule has 0 spiro atoms. The van der Waals surface area contributed by atoms with Crippen LogP contribution in [0.15, 0.2) is 48.5 Å². The standard InChI is InChI=1S/C27H37N3O5/c1-7-15-30(25(33)19(3)29-26(34)35-27(4,5)6)23(21-13-14-22(31)18(2)16-21)24(32)28-17-20-11-9-8-10-12-20/h8-14,16,19,23,31H,7,15,17H2,1-6H3,(H,28,32)(H,29,34). The minimum Gasteiger partial charge on any atom is -0.508 e. The Morgan fingerprint density at radius 2 is 1.74 bits per heavy atom. The molecule has 2 aromatic carbocycles. The second-order valence-corrected chi connectivity index (χ2v) is 9.55. The SMILES string of the molecule is CCCN(C(=O)C(C)NC(=O)OC(C)(C)C)C(C(=O)NCc1ccccc1)c1ccc(O)c(C)c1. The molecule has 3 N–H and O–H groups in total. The fraction of sp³-hybridized carbons (Fsp3) is 0.444. The number of hydrogen-bond acceptors (Lipinski definition) is 5. The predicted molar refractivity (Wildman–Crippen MR) is 135 cm³/mol. The number of carbonyl (C=O) groups is 3. The number of aryl methyl sites for hydroxylation is 1. The van der Waals surface area contributed by atoms with Gasteiger partial charge in [0.05, 0.1) is 0 Å². The van der Waals surface area contributed by atoms with Crippen molar-refractivity contribution >= 4 is 17.9 Å². The molecule has 0 aliphatic heterocycles. The molecule has 0 aliphatic rings. The van der Waals surface area contributed by atoms with E-state index in [-0.39, 0.29) is 11.7 Å². The highest BCUT2D eigenvalue weighted by molar-refractivity contribution is 5.92. The van der Waals surface area contributed by atoms with Crippen molar-refractivity contribution in [2.75, 3.05) is 6.54 Å². The molecule has 2 unspecified atom stereocenters. The Kier molecular flexibility index (Phi) is 9.68. The number of benzene rings is 2. The second kappa shape index (κ2) is 12.2. The van der Waals surface area contributed by atoms with Gasteiger partial charge in [-0.05, 0) is 69.9 Å². The molecule has 2 rings (SSSR count). The Balaban J connectivity index is 2.35. The molecule has 0 aliphatic carbocycles. The van der Waals surface area contributed by atoms with Crippen molar-refractivity contribution in [2.24, 2.45) is 0 Å². The summed E-state index contributed by atoms with van der Waals surface area (Å²) < 4.78 is 5.28. The summed E-state index contributed by atoms with van der Waals surface area (Å²) in [6.45, 7) is 11.0. The maximum absolute atomic E-state index is 13.5. The summed E-state index contributed by atoms with van der Waals surface area (Å²) in [5, 5.41) is 15.5. The minimum absolute atomic E-state index is 0.102. The van der Waals surface area contributed by atoms with Crippen molar-refractivity contribution in [3.8, 4) is 5.75 Å². The lowest BCUT2D eigenvalue weighted by Crippen LogP contribution is -2.52. The van der Waals surface area contributed by atoms with Gasteiger partial charge in [0.15, 0.2) is 0 Å². The lowest BCUT2D eigenvalue weighted by Gasteiger charge is -2.33. The van der Waals surface area contributed by atoms with Crippen LogP contribution < -0.4 is 10.6 Å². The van der Waals surface area contributed by atoms with Gasteiger partial charge in [0.1, 0.15) is 23.4 Å². The van der Waals surface area contributed by atoms with E-state index < -0.39 is 29.7 Å². The van der Waals surface area contributed by atoms with Gasteiger partial charge in [0.25, 0.3) is 0 Å². The van der Waals surface area contributed by atoms with Crippen LogP contribution in [0.2, 0.25) is 0 Å². The van der Waals surface area contributed by atoms with E-state index in [2.05, 4.69) is 10.6 Å². The van der Waals surface area contributed by atoms with Crippen molar-refractivity contribution in [3.63, 3.8) is 0 Å². The van der Waals surface area contributed by atoms with Gasteiger partial charge in [-0.1, -0.05) is 43.3 Å². The first-order chi connectivity index (χ1) is 16.4. The van der Waals surface area contributed by atoms with Gasteiger partial charge in [-0.3, -0.25) is 9.59 Å². The van der Waals surface area contributed by atoms with Crippen LogP contribution in [0.3, 0.4) is 0 Å². The first-order valence-corrected chi connectivity index (χ1v) is 11.8. The Morgan fingerprint density at radius 1 is 1.09 bits per heavy atom. The van der Waals surface area contributed by atoms with Gasteiger partial charge < -0.3 is 25.4 Å². The number of aromatic hydroxyl groups is 1. The van der Waals surface area contributed by atoms with E-state index >= 15 is 0 Å². The van der Waals surface area contributed by atoms with Crippen LogP contribution in [0.25, 0.3) is 0 Å².